The van der Waals surface area contributed by atoms with Crippen molar-refractivity contribution in [3.8, 4) is 0 Å². The van der Waals surface area contributed by atoms with Crippen LogP contribution in [0, 0.1) is 23.7 Å². The topological polar surface area (TPSA) is 212 Å². The summed E-state index contributed by atoms with van der Waals surface area (Å²) >= 11 is 0. The molecule has 1 aromatic rings. The first-order valence-corrected chi connectivity index (χ1v) is 17.6. The Morgan fingerprint density at radius 3 is 2.12 bits per heavy atom. The SMILES string of the molecule is CC(C)COC(=O)N[C@H](C(=O)NN(CC1CC1)C(=O)NC(CC1CC1)C(=O)C(=O)NCC(=O)N[C@H](C(=O)O)c1ccccc1)C1CCCCC1. The molecule has 1 aromatic carbocycles. The van der Waals surface area contributed by atoms with Crippen LogP contribution in [-0.4, -0.2) is 83.5 Å². The summed E-state index contributed by atoms with van der Waals surface area (Å²) in [5, 5.41) is 20.6. The molecule has 3 aliphatic carbocycles. The predicted octanol–water partition coefficient (Wildman–Crippen LogP) is 2.57. The van der Waals surface area contributed by atoms with E-state index < -0.39 is 66.3 Å². The maximum atomic E-state index is 13.7. The van der Waals surface area contributed by atoms with Crippen LogP contribution in [0.5, 0.6) is 0 Å². The highest BCUT2D eigenvalue weighted by molar-refractivity contribution is 6.38. The molecule has 50 heavy (non-hydrogen) atoms. The van der Waals surface area contributed by atoms with E-state index in [4.69, 9.17) is 4.74 Å². The molecule has 6 N–H and O–H groups in total. The average Bonchev–Trinajstić information content (AvgIpc) is 4.04. The molecule has 4 rings (SSSR count). The molecule has 0 aromatic heterocycles. The molecule has 3 saturated carbocycles. The zero-order valence-electron chi connectivity index (χ0n) is 28.8. The maximum Gasteiger partial charge on any atom is 0.407 e. The lowest BCUT2D eigenvalue weighted by molar-refractivity contribution is -0.142. The number of carbonyl (C=O) groups is 7. The number of hydrogen-bond donors (Lipinski definition) is 6. The van der Waals surface area contributed by atoms with Crippen molar-refractivity contribution in [2.75, 3.05) is 19.7 Å². The standard InChI is InChI=1S/C35H50N6O9/c1-21(2)20-50-35(49)39-28(24-9-5-3-6-10-24)31(44)40-41(19-23-15-16-23)34(48)37-26(17-22-13-14-22)30(43)32(45)36-18-27(42)38-29(33(46)47)25-11-7-4-8-12-25/h4,7-8,11-12,21-24,26,28-29H,3,5-6,9-10,13-20H2,1-2H3,(H,36,45)(H,37,48)(H,38,42)(H,39,49)(H,40,44)(H,46,47)/t26?,28-,29-/m0/s1. The fourth-order valence-electron chi connectivity index (χ4n) is 5.91. The molecule has 3 aliphatic rings. The normalized spacial score (nSPS) is 17.7. The van der Waals surface area contributed by atoms with Crippen LogP contribution in [-0.2, 0) is 28.7 Å². The van der Waals surface area contributed by atoms with E-state index in [-0.39, 0.29) is 43.2 Å². The molecule has 0 bridgehead atoms. The quantitative estimate of drug-likeness (QED) is 0.104. The van der Waals surface area contributed by atoms with Crippen molar-refractivity contribution in [1.29, 1.82) is 0 Å². The Morgan fingerprint density at radius 2 is 1.52 bits per heavy atom. The zero-order valence-corrected chi connectivity index (χ0v) is 28.8. The molecule has 1 unspecified atom stereocenters. The molecular weight excluding hydrogens is 648 g/mol. The van der Waals surface area contributed by atoms with E-state index in [1.165, 1.54) is 12.1 Å². The molecule has 15 nitrogen and oxygen atoms in total. The summed E-state index contributed by atoms with van der Waals surface area (Å²) in [6, 6.07) is 3.73. The molecule has 274 valence electrons. The van der Waals surface area contributed by atoms with Crippen LogP contribution in [0.2, 0.25) is 0 Å². The molecule has 6 amide bonds. The van der Waals surface area contributed by atoms with Gasteiger partial charge in [-0.25, -0.2) is 19.4 Å². The van der Waals surface area contributed by atoms with E-state index in [9.17, 15) is 38.7 Å². The number of carboxylic acids is 1. The number of urea groups is 1. The summed E-state index contributed by atoms with van der Waals surface area (Å²) in [7, 11) is 0. The molecule has 15 heteroatoms. The van der Waals surface area contributed by atoms with Gasteiger partial charge >= 0.3 is 18.1 Å². The Labute approximate surface area is 292 Å². The van der Waals surface area contributed by atoms with Crippen LogP contribution in [0.25, 0.3) is 0 Å². The van der Waals surface area contributed by atoms with Gasteiger partial charge in [0.1, 0.15) is 6.04 Å². The van der Waals surface area contributed by atoms with Crippen LogP contribution in [0.4, 0.5) is 9.59 Å². The number of carboxylic acid groups (broad SMARTS) is 1. The van der Waals surface area contributed by atoms with Gasteiger partial charge in [0, 0.05) is 6.54 Å². The van der Waals surface area contributed by atoms with Crippen molar-refractivity contribution in [3.05, 3.63) is 35.9 Å². The molecule has 0 spiro atoms. The number of nitrogens with zero attached hydrogens (tertiary/aromatic N) is 1. The van der Waals surface area contributed by atoms with E-state index >= 15 is 0 Å². The Morgan fingerprint density at radius 1 is 0.860 bits per heavy atom. The minimum atomic E-state index is -1.36. The van der Waals surface area contributed by atoms with Gasteiger partial charge in [-0.2, -0.15) is 0 Å². The molecule has 3 atom stereocenters. The number of rotatable bonds is 17. The summed E-state index contributed by atoms with van der Waals surface area (Å²) in [5.41, 5.74) is 3.01. The second-order valence-electron chi connectivity index (χ2n) is 14.0. The maximum absolute atomic E-state index is 13.7. The van der Waals surface area contributed by atoms with Crippen LogP contribution in [0.1, 0.15) is 89.7 Å². The van der Waals surface area contributed by atoms with Crippen LogP contribution in [0.3, 0.4) is 0 Å². The first kappa shape index (κ1) is 38.1. The van der Waals surface area contributed by atoms with E-state index in [1.54, 1.807) is 18.2 Å². The van der Waals surface area contributed by atoms with Crippen molar-refractivity contribution in [2.24, 2.45) is 23.7 Å². The third-order valence-electron chi connectivity index (χ3n) is 9.05. The lowest BCUT2D eigenvalue weighted by Crippen LogP contribution is -2.60. The number of alkyl carbamates (subject to hydrolysis) is 1. The Hall–Kier alpha value is -4.69. The van der Waals surface area contributed by atoms with Gasteiger partial charge in [0.25, 0.3) is 11.8 Å². The first-order chi connectivity index (χ1) is 23.9. The largest absolute Gasteiger partial charge is 0.479 e. The third kappa shape index (κ3) is 12.3. The van der Waals surface area contributed by atoms with E-state index in [1.807, 2.05) is 13.8 Å². The van der Waals surface area contributed by atoms with Gasteiger partial charge in [-0.3, -0.25) is 24.6 Å². The van der Waals surface area contributed by atoms with Gasteiger partial charge in [-0.15, -0.1) is 0 Å². The highest BCUT2D eigenvalue weighted by atomic mass is 16.5. The predicted molar refractivity (Wildman–Crippen MR) is 180 cm³/mol. The van der Waals surface area contributed by atoms with E-state index in [0.717, 1.165) is 62.8 Å². The third-order valence-corrected chi connectivity index (χ3v) is 9.05. The molecular formula is C35H50N6O9. The van der Waals surface area contributed by atoms with Crippen LogP contribution < -0.4 is 26.7 Å². The molecule has 0 heterocycles. The number of hydrazine groups is 1. The highest BCUT2D eigenvalue weighted by Gasteiger charge is 2.38. The summed E-state index contributed by atoms with van der Waals surface area (Å²) < 4.78 is 5.28. The number of benzene rings is 1. The van der Waals surface area contributed by atoms with Crippen molar-refractivity contribution in [3.63, 3.8) is 0 Å². The number of Topliss-reactive ketones (excluding diaryl/α,β-unsaturated/α-hetero) is 1. The van der Waals surface area contributed by atoms with Crippen molar-refractivity contribution >= 4 is 41.6 Å². The number of ether oxygens (including phenoxy) is 1. The van der Waals surface area contributed by atoms with Crippen LogP contribution in [0.15, 0.2) is 30.3 Å². The number of aliphatic carboxylic acids is 1. The van der Waals surface area contributed by atoms with Gasteiger partial charge in [0.05, 0.1) is 19.2 Å². The molecule has 3 fully saturated rings. The summed E-state index contributed by atoms with van der Waals surface area (Å²) in [6.45, 7) is 3.50. The van der Waals surface area contributed by atoms with Crippen LogP contribution >= 0.6 is 0 Å². The number of nitrogens with one attached hydrogen (secondary N) is 5. The van der Waals surface area contributed by atoms with Crippen molar-refractivity contribution in [2.45, 2.75) is 96.2 Å². The highest BCUT2D eigenvalue weighted by Crippen LogP contribution is 2.34. The van der Waals surface area contributed by atoms with Gasteiger partial charge < -0.3 is 31.1 Å². The molecule has 0 aliphatic heterocycles. The monoisotopic (exact) mass is 698 g/mol. The number of carbonyl (C=O) groups excluding carboxylic acids is 6. The molecule has 0 radical (unpaired) electrons. The van der Waals surface area contributed by atoms with Gasteiger partial charge in [0.15, 0.2) is 6.04 Å². The summed E-state index contributed by atoms with van der Waals surface area (Å²) in [5.74, 6) is -4.56. The van der Waals surface area contributed by atoms with Gasteiger partial charge in [-0.05, 0) is 61.3 Å². The number of amides is 6. The second-order valence-corrected chi connectivity index (χ2v) is 14.0. The first-order valence-electron chi connectivity index (χ1n) is 17.6. The lowest BCUT2D eigenvalue weighted by atomic mass is 9.83. The van der Waals surface area contributed by atoms with Gasteiger partial charge in [0.2, 0.25) is 11.7 Å². The Kier molecular flexibility index (Phi) is 14.0. The lowest BCUT2D eigenvalue weighted by Gasteiger charge is -2.32. The van der Waals surface area contributed by atoms with Gasteiger partial charge in [-0.1, -0.05) is 76.3 Å². The number of ketones is 1. The smallest absolute Gasteiger partial charge is 0.407 e. The fourth-order valence-corrected chi connectivity index (χ4v) is 5.91. The number of hydrogen-bond acceptors (Lipinski definition) is 8. The van der Waals surface area contributed by atoms with Crippen molar-refractivity contribution < 1.29 is 43.4 Å². The Balaban J connectivity index is 1.38. The minimum absolute atomic E-state index is 0.106. The second kappa shape index (κ2) is 18.3. The minimum Gasteiger partial charge on any atom is -0.479 e. The van der Waals surface area contributed by atoms with E-state index in [2.05, 4.69) is 26.7 Å². The summed E-state index contributed by atoms with van der Waals surface area (Å²) in [4.78, 5) is 90.5. The Bertz CT molecular complexity index is 1380. The zero-order chi connectivity index (χ0) is 36.2. The fraction of sp³-hybridized carbons (Fsp3) is 0.629. The molecule has 0 saturated heterocycles. The van der Waals surface area contributed by atoms with Crippen molar-refractivity contribution in [1.82, 2.24) is 31.7 Å². The average molecular weight is 699 g/mol. The summed E-state index contributed by atoms with van der Waals surface area (Å²) in [6.07, 6.45) is 7.14. The van der Waals surface area contributed by atoms with E-state index in [0.29, 0.717) is 5.56 Å².